The molecule has 128 valence electrons. The summed E-state index contributed by atoms with van der Waals surface area (Å²) in [6, 6.07) is 6.53. The fraction of sp³-hybridized carbons (Fsp3) is 0.500. The maximum atomic E-state index is 11.2. The Labute approximate surface area is 136 Å². The van der Waals surface area contributed by atoms with Crippen molar-refractivity contribution < 1.29 is 24.2 Å². The standard InChI is InChI=1S/C16H24N2O5/c1-12(16(20)21)18(9-8-17-13(2)19)10-11-23-15-6-4-14(22-3)5-7-15/h4-7,12H,8-11H2,1-3H3,(H,17,19)(H,20,21). The van der Waals surface area contributed by atoms with Gasteiger partial charge >= 0.3 is 5.97 Å². The normalized spacial score (nSPS) is 11.8. The Bertz CT molecular complexity index is 504. The number of benzene rings is 1. The van der Waals surface area contributed by atoms with Crippen LogP contribution in [0.2, 0.25) is 0 Å². The Morgan fingerprint density at radius 3 is 2.35 bits per heavy atom. The van der Waals surface area contributed by atoms with E-state index in [4.69, 9.17) is 14.6 Å². The molecule has 0 bridgehead atoms. The Hall–Kier alpha value is -2.28. The number of carboxylic acids is 1. The molecule has 1 aromatic rings. The second kappa shape index (κ2) is 9.68. The topological polar surface area (TPSA) is 88.1 Å². The first-order valence-electron chi connectivity index (χ1n) is 7.42. The van der Waals surface area contributed by atoms with E-state index in [-0.39, 0.29) is 5.91 Å². The van der Waals surface area contributed by atoms with Crippen LogP contribution in [-0.4, -0.2) is 61.3 Å². The number of hydrogen-bond donors (Lipinski definition) is 2. The van der Waals surface area contributed by atoms with Crippen LogP contribution in [0.25, 0.3) is 0 Å². The summed E-state index contributed by atoms with van der Waals surface area (Å²) in [6.45, 7) is 4.68. The minimum Gasteiger partial charge on any atom is -0.497 e. The van der Waals surface area contributed by atoms with E-state index in [0.29, 0.717) is 32.0 Å². The second-order valence-corrected chi connectivity index (χ2v) is 5.06. The van der Waals surface area contributed by atoms with Gasteiger partial charge in [0.1, 0.15) is 24.1 Å². The molecule has 0 spiro atoms. The van der Waals surface area contributed by atoms with Gasteiger partial charge in [0.15, 0.2) is 0 Å². The van der Waals surface area contributed by atoms with Gasteiger partial charge in [0.25, 0.3) is 0 Å². The van der Waals surface area contributed by atoms with Crippen LogP contribution in [0.15, 0.2) is 24.3 Å². The molecule has 7 nitrogen and oxygen atoms in total. The van der Waals surface area contributed by atoms with Gasteiger partial charge in [-0.1, -0.05) is 0 Å². The summed E-state index contributed by atoms with van der Waals surface area (Å²) >= 11 is 0. The van der Waals surface area contributed by atoms with Crippen molar-refractivity contribution in [2.45, 2.75) is 19.9 Å². The fourth-order valence-corrected chi connectivity index (χ4v) is 1.98. The molecule has 0 radical (unpaired) electrons. The molecule has 0 fully saturated rings. The lowest BCUT2D eigenvalue weighted by Crippen LogP contribution is -2.45. The fourth-order valence-electron chi connectivity index (χ4n) is 1.98. The minimum atomic E-state index is -0.905. The molecule has 23 heavy (non-hydrogen) atoms. The van der Waals surface area contributed by atoms with Crippen LogP contribution < -0.4 is 14.8 Å². The molecule has 0 saturated carbocycles. The van der Waals surface area contributed by atoms with E-state index in [2.05, 4.69) is 5.32 Å². The average Bonchev–Trinajstić information content (AvgIpc) is 2.53. The number of rotatable bonds is 10. The van der Waals surface area contributed by atoms with Crippen LogP contribution >= 0.6 is 0 Å². The highest BCUT2D eigenvalue weighted by atomic mass is 16.5. The SMILES string of the molecule is COc1ccc(OCCN(CCNC(C)=O)C(C)C(=O)O)cc1. The van der Waals surface area contributed by atoms with E-state index in [1.807, 2.05) is 0 Å². The van der Waals surface area contributed by atoms with Crippen LogP contribution in [0.5, 0.6) is 11.5 Å². The number of aliphatic carboxylic acids is 1. The third-order valence-electron chi connectivity index (χ3n) is 3.38. The Balaban J connectivity index is 2.48. The highest BCUT2D eigenvalue weighted by Crippen LogP contribution is 2.16. The van der Waals surface area contributed by atoms with Gasteiger partial charge in [0, 0.05) is 26.6 Å². The van der Waals surface area contributed by atoms with E-state index in [9.17, 15) is 9.59 Å². The Morgan fingerprint density at radius 1 is 1.22 bits per heavy atom. The lowest BCUT2D eigenvalue weighted by atomic mass is 10.2. The molecule has 0 aromatic heterocycles. The zero-order valence-corrected chi connectivity index (χ0v) is 13.7. The van der Waals surface area contributed by atoms with E-state index < -0.39 is 12.0 Å². The zero-order valence-electron chi connectivity index (χ0n) is 13.7. The molecule has 1 atom stereocenters. The third-order valence-corrected chi connectivity index (χ3v) is 3.38. The molecule has 2 N–H and O–H groups in total. The number of hydrogen-bond acceptors (Lipinski definition) is 5. The summed E-state index contributed by atoms with van der Waals surface area (Å²) in [5.74, 6) is 0.393. The maximum Gasteiger partial charge on any atom is 0.320 e. The van der Waals surface area contributed by atoms with Crippen molar-refractivity contribution in [1.29, 1.82) is 0 Å². The summed E-state index contributed by atoms with van der Waals surface area (Å²) in [7, 11) is 1.59. The summed E-state index contributed by atoms with van der Waals surface area (Å²) in [6.07, 6.45) is 0. The van der Waals surface area contributed by atoms with Gasteiger partial charge in [-0.25, -0.2) is 0 Å². The van der Waals surface area contributed by atoms with E-state index in [1.54, 1.807) is 43.2 Å². The monoisotopic (exact) mass is 324 g/mol. The number of amides is 1. The van der Waals surface area contributed by atoms with E-state index in [0.717, 1.165) is 5.75 Å². The zero-order chi connectivity index (χ0) is 17.2. The molecule has 0 saturated heterocycles. The number of carbonyl (C=O) groups is 2. The maximum absolute atomic E-state index is 11.2. The molecule has 1 rings (SSSR count). The summed E-state index contributed by atoms with van der Waals surface area (Å²) < 4.78 is 10.7. The number of carboxylic acid groups (broad SMARTS) is 1. The van der Waals surface area contributed by atoms with Crippen molar-refractivity contribution in [3.05, 3.63) is 24.3 Å². The van der Waals surface area contributed by atoms with Crippen LogP contribution in [0.1, 0.15) is 13.8 Å². The van der Waals surface area contributed by atoms with Gasteiger partial charge in [-0.2, -0.15) is 0 Å². The number of carbonyl (C=O) groups excluding carboxylic acids is 1. The summed E-state index contributed by atoms with van der Waals surface area (Å²) in [4.78, 5) is 23.8. The van der Waals surface area contributed by atoms with Crippen LogP contribution in [0.3, 0.4) is 0 Å². The first-order valence-corrected chi connectivity index (χ1v) is 7.42. The van der Waals surface area contributed by atoms with Crippen molar-refractivity contribution >= 4 is 11.9 Å². The van der Waals surface area contributed by atoms with E-state index >= 15 is 0 Å². The number of ether oxygens (including phenoxy) is 2. The van der Waals surface area contributed by atoms with Crippen molar-refractivity contribution in [3.8, 4) is 11.5 Å². The molecule has 1 unspecified atom stereocenters. The smallest absolute Gasteiger partial charge is 0.320 e. The van der Waals surface area contributed by atoms with Crippen molar-refractivity contribution in [2.24, 2.45) is 0 Å². The number of methoxy groups -OCH3 is 1. The largest absolute Gasteiger partial charge is 0.497 e. The predicted molar refractivity (Wildman–Crippen MR) is 85.8 cm³/mol. The Kier molecular flexibility index (Phi) is 7.90. The molecule has 0 aliphatic heterocycles. The minimum absolute atomic E-state index is 0.137. The summed E-state index contributed by atoms with van der Waals surface area (Å²) in [5, 5.41) is 11.8. The van der Waals surface area contributed by atoms with Crippen molar-refractivity contribution in [3.63, 3.8) is 0 Å². The van der Waals surface area contributed by atoms with Crippen molar-refractivity contribution in [1.82, 2.24) is 10.2 Å². The molecule has 1 aromatic carbocycles. The highest BCUT2D eigenvalue weighted by molar-refractivity contribution is 5.73. The number of nitrogens with one attached hydrogen (secondary N) is 1. The first-order chi connectivity index (χ1) is 10.9. The quantitative estimate of drug-likeness (QED) is 0.667. The predicted octanol–water partition coefficient (Wildman–Crippen LogP) is 0.985. The van der Waals surface area contributed by atoms with E-state index in [1.165, 1.54) is 6.92 Å². The Morgan fingerprint density at radius 2 is 1.83 bits per heavy atom. The molecular formula is C16H24N2O5. The molecule has 1 amide bonds. The van der Waals surface area contributed by atoms with Gasteiger partial charge in [-0.15, -0.1) is 0 Å². The van der Waals surface area contributed by atoms with Gasteiger partial charge < -0.3 is 19.9 Å². The first kappa shape index (κ1) is 18.8. The molecule has 0 heterocycles. The second-order valence-electron chi connectivity index (χ2n) is 5.06. The highest BCUT2D eigenvalue weighted by Gasteiger charge is 2.20. The molecule has 0 aliphatic rings. The lowest BCUT2D eigenvalue weighted by Gasteiger charge is -2.26. The molecular weight excluding hydrogens is 300 g/mol. The van der Waals surface area contributed by atoms with Crippen LogP contribution in [0, 0.1) is 0 Å². The lowest BCUT2D eigenvalue weighted by molar-refractivity contribution is -0.142. The van der Waals surface area contributed by atoms with Crippen molar-refractivity contribution in [2.75, 3.05) is 33.4 Å². The molecule has 0 aliphatic carbocycles. The van der Waals surface area contributed by atoms with Gasteiger partial charge in [0.2, 0.25) is 5.91 Å². The average molecular weight is 324 g/mol. The van der Waals surface area contributed by atoms with Crippen LogP contribution in [0.4, 0.5) is 0 Å². The van der Waals surface area contributed by atoms with Crippen LogP contribution in [-0.2, 0) is 9.59 Å². The third kappa shape index (κ3) is 7.01. The van der Waals surface area contributed by atoms with Gasteiger partial charge in [-0.3, -0.25) is 14.5 Å². The molecule has 7 heteroatoms. The van der Waals surface area contributed by atoms with Gasteiger partial charge in [-0.05, 0) is 31.2 Å². The number of nitrogens with zero attached hydrogens (tertiary/aromatic N) is 1. The summed E-state index contributed by atoms with van der Waals surface area (Å²) in [5.41, 5.74) is 0. The van der Waals surface area contributed by atoms with Gasteiger partial charge in [0.05, 0.1) is 7.11 Å².